The molecule has 3 aromatic heterocycles. The molecule has 168 valence electrons. The van der Waals surface area contributed by atoms with Crippen molar-refractivity contribution in [3.05, 3.63) is 59.9 Å². The van der Waals surface area contributed by atoms with Crippen LogP contribution >= 0.6 is 11.3 Å². The molecule has 0 unspecified atom stereocenters. The van der Waals surface area contributed by atoms with Gasteiger partial charge in [0.25, 0.3) is 5.91 Å². The molecular formula is C23H22FN7OS. The number of carbonyl (C=O) groups is 1. The first-order chi connectivity index (χ1) is 16.0. The zero-order valence-corrected chi connectivity index (χ0v) is 18.8. The van der Waals surface area contributed by atoms with Gasteiger partial charge in [-0.1, -0.05) is 11.3 Å². The van der Waals surface area contributed by atoms with Crippen LogP contribution in [0.1, 0.15) is 35.4 Å². The van der Waals surface area contributed by atoms with Gasteiger partial charge in [-0.2, -0.15) is 10.2 Å². The third-order valence-electron chi connectivity index (χ3n) is 6.69. The van der Waals surface area contributed by atoms with Gasteiger partial charge in [-0.3, -0.25) is 4.79 Å². The van der Waals surface area contributed by atoms with Crippen LogP contribution in [0, 0.1) is 18.7 Å². The molecule has 1 aliphatic carbocycles. The lowest BCUT2D eigenvalue weighted by Gasteiger charge is -2.59. The van der Waals surface area contributed by atoms with E-state index in [1.54, 1.807) is 18.5 Å². The van der Waals surface area contributed by atoms with Gasteiger partial charge in [-0.05, 0) is 62.4 Å². The molecule has 1 amide bonds. The van der Waals surface area contributed by atoms with Crippen LogP contribution in [0.25, 0.3) is 15.9 Å². The number of rotatable bonds is 5. The average Bonchev–Trinajstić information content (AvgIpc) is 3.46. The number of hydrogen-bond acceptors (Lipinski definition) is 7. The molecule has 1 aromatic carbocycles. The number of thiazole rings is 1. The Hall–Kier alpha value is -3.40. The highest BCUT2D eigenvalue weighted by molar-refractivity contribution is 7.22. The first-order valence-electron chi connectivity index (χ1n) is 11.0. The number of nitrogens with one attached hydrogen (secondary N) is 1. The Morgan fingerprint density at radius 2 is 2.03 bits per heavy atom. The molecule has 0 radical (unpaired) electrons. The number of hydrogen-bond donors (Lipinski definition) is 1. The highest BCUT2D eigenvalue weighted by atomic mass is 32.1. The molecule has 33 heavy (non-hydrogen) atoms. The number of anilines is 1. The molecule has 7 rings (SSSR count). The molecule has 0 atom stereocenters. The lowest BCUT2D eigenvalue weighted by Crippen LogP contribution is -2.67. The largest absolute Gasteiger partial charge is 0.359 e. The van der Waals surface area contributed by atoms with Crippen molar-refractivity contribution >= 4 is 32.6 Å². The molecule has 2 bridgehead atoms. The van der Waals surface area contributed by atoms with E-state index in [9.17, 15) is 9.18 Å². The van der Waals surface area contributed by atoms with E-state index in [0.29, 0.717) is 30.4 Å². The maximum atomic E-state index is 13.8. The SMILES string of the molecule is Cc1ccc(-n2nccn2)c(C(=O)N2CCC3CC2(CNc2nc4ccc(F)cc4s2)C3)n1. The quantitative estimate of drug-likeness (QED) is 0.484. The number of aromatic nitrogens is 5. The number of amides is 1. The molecule has 2 saturated heterocycles. The molecule has 3 fully saturated rings. The van der Waals surface area contributed by atoms with Gasteiger partial charge in [0.15, 0.2) is 10.8 Å². The summed E-state index contributed by atoms with van der Waals surface area (Å²) in [7, 11) is 0. The monoisotopic (exact) mass is 463 g/mol. The number of aryl methyl sites for hydroxylation is 1. The molecule has 5 heterocycles. The van der Waals surface area contributed by atoms with Crippen LogP contribution in [0.2, 0.25) is 0 Å². The summed E-state index contributed by atoms with van der Waals surface area (Å²) in [4.78, 5) is 26.4. The first kappa shape index (κ1) is 20.2. The average molecular weight is 464 g/mol. The lowest BCUT2D eigenvalue weighted by molar-refractivity contribution is -0.0490. The van der Waals surface area contributed by atoms with Crippen LogP contribution in [-0.4, -0.2) is 54.4 Å². The Labute approximate surface area is 193 Å². The van der Waals surface area contributed by atoms with E-state index >= 15 is 0 Å². The van der Waals surface area contributed by atoms with Gasteiger partial charge >= 0.3 is 0 Å². The molecule has 1 N–H and O–H groups in total. The minimum Gasteiger partial charge on any atom is -0.359 e. The highest BCUT2D eigenvalue weighted by Gasteiger charge is 2.54. The summed E-state index contributed by atoms with van der Waals surface area (Å²) in [6.45, 7) is 3.16. The number of fused-ring (bicyclic) bond motifs is 3. The standard InChI is InChI=1S/C23H22FN7OS/c1-14-2-5-18(31-26-7-8-27-31)20(28-14)21(32)30-9-6-15-11-23(30,12-15)13-25-22-29-17-4-3-16(24)10-19(17)33-22/h2-5,7-8,10,15H,6,9,11-13H2,1H3,(H,25,29). The van der Waals surface area contributed by atoms with Crippen molar-refractivity contribution < 1.29 is 9.18 Å². The summed E-state index contributed by atoms with van der Waals surface area (Å²) in [6.07, 6.45) is 6.07. The normalized spacial score (nSPS) is 21.8. The van der Waals surface area contributed by atoms with Crippen molar-refractivity contribution in [2.45, 2.75) is 31.7 Å². The van der Waals surface area contributed by atoms with Gasteiger partial charge < -0.3 is 10.2 Å². The number of carbonyl (C=O) groups excluding carboxylic acids is 1. The summed E-state index contributed by atoms with van der Waals surface area (Å²) in [5.41, 5.74) is 2.19. The number of benzene rings is 1. The fraction of sp³-hybridized carbons (Fsp3) is 0.348. The van der Waals surface area contributed by atoms with Crippen LogP contribution < -0.4 is 5.32 Å². The fourth-order valence-corrected chi connectivity index (χ4v) is 5.98. The maximum Gasteiger partial charge on any atom is 0.275 e. The van der Waals surface area contributed by atoms with Gasteiger partial charge in [0, 0.05) is 18.8 Å². The van der Waals surface area contributed by atoms with E-state index < -0.39 is 0 Å². The number of nitrogens with zero attached hydrogens (tertiary/aromatic N) is 6. The van der Waals surface area contributed by atoms with Crippen molar-refractivity contribution in [3.63, 3.8) is 0 Å². The number of pyridine rings is 1. The van der Waals surface area contributed by atoms with E-state index in [1.165, 1.54) is 28.3 Å². The Kier molecular flexibility index (Phi) is 4.65. The minimum absolute atomic E-state index is 0.0997. The summed E-state index contributed by atoms with van der Waals surface area (Å²) in [5, 5.41) is 12.6. The summed E-state index contributed by atoms with van der Waals surface area (Å²) in [5.74, 6) is 0.269. The summed E-state index contributed by atoms with van der Waals surface area (Å²) >= 11 is 1.43. The predicted octanol–water partition coefficient (Wildman–Crippen LogP) is 3.83. The molecular weight excluding hydrogens is 441 g/mol. The third kappa shape index (κ3) is 3.45. The van der Waals surface area contributed by atoms with Crippen LogP contribution in [0.3, 0.4) is 0 Å². The van der Waals surface area contributed by atoms with Crippen molar-refractivity contribution in [3.8, 4) is 5.69 Å². The van der Waals surface area contributed by atoms with Crippen molar-refractivity contribution in [2.24, 2.45) is 5.92 Å². The van der Waals surface area contributed by atoms with E-state index in [1.807, 2.05) is 24.0 Å². The maximum absolute atomic E-state index is 13.8. The fourth-order valence-electron chi connectivity index (χ4n) is 5.10. The van der Waals surface area contributed by atoms with Crippen LogP contribution in [0.15, 0.2) is 42.7 Å². The predicted molar refractivity (Wildman–Crippen MR) is 123 cm³/mol. The van der Waals surface area contributed by atoms with Crippen LogP contribution in [0.4, 0.5) is 9.52 Å². The Bertz CT molecular complexity index is 1350. The number of halogens is 1. The summed E-state index contributed by atoms with van der Waals surface area (Å²) in [6, 6.07) is 8.31. The third-order valence-corrected chi connectivity index (χ3v) is 7.66. The Balaban J connectivity index is 1.28. The van der Waals surface area contributed by atoms with Gasteiger partial charge in [0.2, 0.25) is 0 Å². The van der Waals surface area contributed by atoms with E-state index in [2.05, 4.69) is 25.5 Å². The Morgan fingerprint density at radius 3 is 2.85 bits per heavy atom. The smallest absolute Gasteiger partial charge is 0.275 e. The highest BCUT2D eigenvalue weighted by Crippen LogP contribution is 2.49. The summed E-state index contributed by atoms with van der Waals surface area (Å²) < 4.78 is 14.4. The van der Waals surface area contributed by atoms with Gasteiger partial charge in [-0.15, -0.1) is 4.80 Å². The molecule has 0 spiro atoms. The molecule has 2 aliphatic heterocycles. The first-order valence-corrected chi connectivity index (χ1v) is 11.8. The second-order valence-electron chi connectivity index (χ2n) is 8.87. The van der Waals surface area contributed by atoms with Gasteiger partial charge in [-0.25, -0.2) is 14.4 Å². The van der Waals surface area contributed by atoms with Crippen molar-refractivity contribution in [2.75, 3.05) is 18.4 Å². The molecule has 10 heteroatoms. The van der Waals surface area contributed by atoms with Gasteiger partial charge in [0.05, 0.1) is 28.1 Å². The molecule has 1 saturated carbocycles. The topological polar surface area (TPSA) is 88.8 Å². The van der Waals surface area contributed by atoms with E-state index in [-0.39, 0.29) is 17.3 Å². The molecule has 3 aliphatic rings. The second kappa shape index (κ2) is 7.58. The zero-order valence-electron chi connectivity index (χ0n) is 18.0. The van der Waals surface area contributed by atoms with Gasteiger partial charge in [0.1, 0.15) is 11.5 Å². The van der Waals surface area contributed by atoms with Crippen molar-refractivity contribution in [1.29, 1.82) is 0 Å². The second-order valence-corrected chi connectivity index (χ2v) is 9.90. The molecule has 8 nitrogen and oxygen atoms in total. The lowest BCUT2D eigenvalue weighted by atomic mass is 9.62. The van der Waals surface area contributed by atoms with Crippen molar-refractivity contribution in [1.82, 2.24) is 29.9 Å². The minimum atomic E-state index is -0.288. The zero-order chi connectivity index (χ0) is 22.6. The Morgan fingerprint density at radius 1 is 1.21 bits per heavy atom. The van der Waals surface area contributed by atoms with E-state index in [0.717, 1.165) is 40.3 Å². The van der Waals surface area contributed by atoms with Crippen LogP contribution in [0.5, 0.6) is 0 Å². The molecule has 4 aromatic rings. The van der Waals surface area contributed by atoms with E-state index in [4.69, 9.17) is 0 Å². The number of piperidine rings is 2. The van der Waals surface area contributed by atoms with Crippen LogP contribution in [-0.2, 0) is 0 Å².